The van der Waals surface area contributed by atoms with Gasteiger partial charge < -0.3 is 10.3 Å². The zero-order valence-electron chi connectivity index (χ0n) is 17.3. The molecule has 8 nitrogen and oxygen atoms in total. The molecule has 4 heterocycles. The fraction of sp³-hybridized carbons (Fsp3) is 0.318. The molecule has 0 radical (unpaired) electrons. The van der Waals surface area contributed by atoms with Crippen LogP contribution < -0.4 is 10.9 Å². The van der Waals surface area contributed by atoms with Gasteiger partial charge in [0.25, 0.3) is 5.56 Å². The number of thioether (sulfide) groups is 1. The van der Waals surface area contributed by atoms with E-state index >= 15 is 0 Å². The fourth-order valence-electron chi connectivity index (χ4n) is 3.93. The number of hydrogen-bond donors (Lipinski definition) is 2. The molecule has 0 bridgehead atoms. The summed E-state index contributed by atoms with van der Waals surface area (Å²) in [6, 6.07) is 5.58. The minimum absolute atomic E-state index is 0.0582. The van der Waals surface area contributed by atoms with Gasteiger partial charge in [0.1, 0.15) is 10.7 Å². The van der Waals surface area contributed by atoms with Crippen molar-refractivity contribution in [3.8, 4) is 5.82 Å². The summed E-state index contributed by atoms with van der Waals surface area (Å²) in [5, 5.41) is 7.90. The Hall–Kier alpha value is -2.98. The Bertz CT molecular complexity index is 1310. The Morgan fingerprint density at radius 3 is 3.03 bits per heavy atom. The number of rotatable bonds is 7. The van der Waals surface area contributed by atoms with E-state index in [2.05, 4.69) is 25.4 Å². The van der Waals surface area contributed by atoms with Crippen molar-refractivity contribution in [2.45, 2.75) is 38.0 Å². The van der Waals surface area contributed by atoms with Crippen LogP contribution in [-0.4, -0.2) is 36.4 Å². The van der Waals surface area contributed by atoms with Gasteiger partial charge in [-0.15, -0.1) is 23.1 Å². The van der Waals surface area contributed by atoms with Crippen molar-refractivity contribution in [1.82, 2.24) is 30.0 Å². The Balaban J connectivity index is 1.18. The number of hydrogen-bond acceptors (Lipinski definition) is 7. The van der Waals surface area contributed by atoms with E-state index in [0.717, 1.165) is 35.0 Å². The molecule has 164 valence electrons. The maximum atomic E-state index is 12.6. The summed E-state index contributed by atoms with van der Waals surface area (Å²) < 4.78 is 1.68. The maximum Gasteiger partial charge on any atom is 0.259 e. The first-order chi connectivity index (χ1) is 15.7. The van der Waals surface area contributed by atoms with Gasteiger partial charge in [-0.1, -0.05) is 6.07 Å². The molecule has 1 aliphatic carbocycles. The number of nitrogens with zero attached hydrogens (tertiary/aromatic N) is 4. The smallest absolute Gasteiger partial charge is 0.259 e. The van der Waals surface area contributed by atoms with Gasteiger partial charge in [0.05, 0.1) is 16.9 Å². The molecule has 0 spiro atoms. The first-order valence-electron chi connectivity index (χ1n) is 10.5. The second-order valence-corrected chi connectivity index (χ2v) is 9.68. The molecule has 0 atom stereocenters. The number of carbonyl (C=O) groups is 1. The van der Waals surface area contributed by atoms with E-state index in [4.69, 9.17) is 0 Å². The monoisotopic (exact) mass is 466 g/mol. The quantitative estimate of drug-likeness (QED) is 0.434. The van der Waals surface area contributed by atoms with Crippen molar-refractivity contribution in [2.75, 3.05) is 5.75 Å². The molecule has 0 unspecified atom stereocenters. The Labute approximate surface area is 192 Å². The molecule has 0 saturated carbocycles. The summed E-state index contributed by atoms with van der Waals surface area (Å²) in [5.74, 6) is 1.98. The van der Waals surface area contributed by atoms with E-state index in [1.807, 2.05) is 24.4 Å². The van der Waals surface area contributed by atoms with E-state index in [1.54, 1.807) is 28.4 Å². The first kappa shape index (κ1) is 20.9. The minimum atomic E-state index is -0.0831. The number of aromatic amines is 1. The molecular formula is C22H22N6O2S2. The van der Waals surface area contributed by atoms with Crippen LogP contribution >= 0.6 is 23.1 Å². The zero-order chi connectivity index (χ0) is 21.9. The predicted octanol–water partition coefficient (Wildman–Crippen LogP) is 2.99. The van der Waals surface area contributed by atoms with Crippen LogP contribution in [0, 0.1) is 0 Å². The van der Waals surface area contributed by atoms with Gasteiger partial charge in [-0.05, 0) is 43.4 Å². The summed E-state index contributed by atoms with van der Waals surface area (Å²) in [4.78, 5) is 39.0. The van der Waals surface area contributed by atoms with E-state index in [9.17, 15) is 9.59 Å². The Kier molecular flexibility index (Phi) is 6.04. The van der Waals surface area contributed by atoms with Crippen LogP contribution in [0.3, 0.4) is 0 Å². The number of fused-ring (bicyclic) bond motifs is 3. The van der Waals surface area contributed by atoms with Crippen LogP contribution in [0.25, 0.3) is 16.0 Å². The number of pyridine rings is 1. The number of amides is 1. The highest BCUT2D eigenvalue weighted by molar-refractivity contribution is 7.99. The molecule has 1 aliphatic rings. The number of aromatic nitrogens is 5. The van der Waals surface area contributed by atoms with E-state index < -0.39 is 0 Å². The van der Waals surface area contributed by atoms with Gasteiger partial charge in [-0.2, -0.15) is 5.10 Å². The molecule has 4 aromatic rings. The van der Waals surface area contributed by atoms with Crippen LogP contribution in [0.4, 0.5) is 0 Å². The van der Waals surface area contributed by atoms with Crippen molar-refractivity contribution in [1.29, 1.82) is 0 Å². The summed E-state index contributed by atoms with van der Waals surface area (Å²) in [5.41, 5.74) is 2.01. The van der Waals surface area contributed by atoms with Gasteiger partial charge in [0.2, 0.25) is 5.91 Å². The molecular weight excluding hydrogens is 444 g/mol. The molecule has 0 fully saturated rings. The van der Waals surface area contributed by atoms with Gasteiger partial charge >= 0.3 is 0 Å². The summed E-state index contributed by atoms with van der Waals surface area (Å²) in [6.07, 6.45) is 9.53. The van der Waals surface area contributed by atoms with E-state index in [0.29, 0.717) is 23.9 Å². The van der Waals surface area contributed by atoms with Crippen LogP contribution in [0.5, 0.6) is 0 Å². The zero-order valence-corrected chi connectivity index (χ0v) is 19.0. The predicted molar refractivity (Wildman–Crippen MR) is 126 cm³/mol. The van der Waals surface area contributed by atoms with Crippen LogP contribution in [0.2, 0.25) is 0 Å². The minimum Gasteiger partial charge on any atom is -0.351 e. The lowest BCUT2D eigenvalue weighted by Gasteiger charge is -2.10. The van der Waals surface area contributed by atoms with Gasteiger partial charge in [-0.3, -0.25) is 9.59 Å². The van der Waals surface area contributed by atoms with Crippen molar-refractivity contribution in [2.24, 2.45) is 0 Å². The van der Waals surface area contributed by atoms with Crippen LogP contribution in [-0.2, 0) is 29.9 Å². The molecule has 2 N–H and O–H groups in total. The number of carbonyl (C=O) groups excluding carboxylic acids is 1. The highest BCUT2D eigenvalue weighted by Crippen LogP contribution is 2.33. The van der Waals surface area contributed by atoms with Crippen molar-refractivity contribution >= 4 is 39.2 Å². The van der Waals surface area contributed by atoms with Crippen molar-refractivity contribution in [3.63, 3.8) is 0 Å². The van der Waals surface area contributed by atoms with E-state index in [-0.39, 0.29) is 17.2 Å². The topological polar surface area (TPSA) is 106 Å². The Morgan fingerprint density at radius 1 is 1.25 bits per heavy atom. The third-order valence-corrected chi connectivity index (χ3v) is 7.54. The third kappa shape index (κ3) is 4.33. The largest absolute Gasteiger partial charge is 0.351 e. The van der Waals surface area contributed by atoms with Crippen molar-refractivity contribution < 1.29 is 4.79 Å². The first-order valence-corrected chi connectivity index (χ1v) is 12.5. The number of nitrogens with one attached hydrogen (secondary N) is 2. The van der Waals surface area contributed by atoms with Crippen molar-refractivity contribution in [3.05, 3.63) is 69.0 Å². The lowest BCUT2D eigenvalue weighted by atomic mass is 9.97. The summed E-state index contributed by atoms with van der Waals surface area (Å²) in [7, 11) is 0. The molecule has 32 heavy (non-hydrogen) atoms. The lowest BCUT2D eigenvalue weighted by Crippen LogP contribution is -2.25. The average Bonchev–Trinajstić information content (AvgIpc) is 3.46. The maximum absolute atomic E-state index is 12.6. The normalized spacial score (nSPS) is 13.2. The summed E-state index contributed by atoms with van der Waals surface area (Å²) in [6.45, 7) is 0.365. The third-order valence-electron chi connectivity index (χ3n) is 5.41. The standard InChI is InChI=1S/C22H22N6O2S2/c29-18(24-11-14-5-3-8-23-20(14)28-10-4-9-25-28)13-31-12-17-26-21(30)19-15-6-1-2-7-16(15)32-22(19)27-17/h3-5,8-10H,1-2,6-7,11-13H2,(H,24,29)(H,26,27,30). The molecule has 0 aromatic carbocycles. The van der Waals surface area contributed by atoms with E-state index in [1.165, 1.54) is 28.6 Å². The molecule has 0 aliphatic heterocycles. The summed E-state index contributed by atoms with van der Waals surface area (Å²) >= 11 is 3.07. The molecule has 4 aromatic heterocycles. The van der Waals surface area contributed by atoms with Gasteiger partial charge in [0.15, 0.2) is 5.82 Å². The van der Waals surface area contributed by atoms with Crippen LogP contribution in [0.1, 0.15) is 34.7 Å². The molecule has 5 rings (SSSR count). The van der Waals surface area contributed by atoms with Gasteiger partial charge in [0, 0.05) is 35.6 Å². The average molecular weight is 467 g/mol. The van der Waals surface area contributed by atoms with Gasteiger partial charge in [-0.25, -0.2) is 14.6 Å². The second kappa shape index (κ2) is 9.25. The SMILES string of the molecule is O=C(CSCc1nc2sc3c(c2c(=O)[nH]1)CCCC3)NCc1cccnc1-n1cccn1. The second-order valence-electron chi connectivity index (χ2n) is 7.61. The molecule has 1 amide bonds. The number of aryl methyl sites for hydroxylation is 2. The fourth-order valence-corrected chi connectivity index (χ4v) is 5.93. The molecule has 10 heteroatoms. The number of thiophene rings is 1. The highest BCUT2D eigenvalue weighted by Gasteiger charge is 2.19. The number of H-pyrrole nitrogens is 1. The van der Waals surface area contributed by atoms with Crippen LogP contribution in [0.15, 0.2) is 41.6 Å². The highest BCUT2D eigenvalue weighted by atomic mass is 32.2. The Morgan fingerprint density at radius 2 is 2.16 bits per heavy atom. The molecule has 0 saturated heterocycles. The lowest BCUT2D eigenvalue weighted by molar-refractivity contribution is -0.118.